The zero-order chi connectivity index (χ0) is 16.4. The molecule has 1 aliphatic carbocycles. The molecule has 3 nitrogen and oxygen atoms in total. The number of hydrogen-bond acceptors (Lipinski definition) is 2. The normalized spacial score (nSPS) is 15.7. The maximum Gasteiger partial charge on any atom is 0.270 e. The molecule has 0 atom stereocenters. The predicted molar refractivity (Wildman–Crippen MR) is 86.7 cm³/mol. The molecule has 1 saturated carbocycles. The second-order valence-corrected chi connectivity index (χ2v) is 6.04. The highest BCUT2D eigenvalue weighted by atomic mass is 19.3. The van der Waals surface area contributed by atoms with Gasteiger partial charge in [0.2, 0.25) is 0 Å². The van der Waals surface area contributed by atoms with Gasteiger partial charge < -0.3 is 5.73 Å². The average molecular weight is 315 g/mol. The smallest absolute Gasteiger partial charge is 0.270 e. The van der Waals surface area contributed by atoms with Crippen molar-refractivity contribution < 1.29 is 8.78 Å². The lowest BCUT2D eigenvalue weighted by atomic mass is 10.1. The summed E-state index contributed by atoms with van der Waals surface area (Å²) < 4.78 is 26.3. The van der Waals surface area contributed by atoms with Crippen molar-refractivity contribution in [3.8, 4) is 0 Å². The van der Waals surface area contributed by atoms with Crippen LogP contribution >= 0.6 is 0 Å². The number of hydrogen-bond donors (Lipinski definition) is 1. The molecule has 1 heterocycles. The van der Waals surface area contributed by atoms with E-state index in [1.165, 1.54) is 30.5 Å². The number of amidine groups is 1. The van der Waals surface area contributed by atoms with Gasteiger partial charge in [-0.1, -0.05) is 24.3 Å². The van der Waals surface area contributed by atoms with E-state index in [-0.39, 0.29) is 5.56 Å². The van der Waals surface area contributed by atoms with Gasteiger partial charge in [-0.05, 0) is 42.0 Å². The van der Waals surface area contributed by atoms with Crippen LogP contribution < -0.4 is 5.73 Å². The summed E-state index contributed by atoms with van der Waals surface area (Å²) in [7, 11) is 0. The standard InChI is InChI=1S/C18H19F2N3/c1-18(19,20)15-6-2-12(3-7-15)11-23-17(21)16-10-14(8-9-22-16)13-4-5-13/h2-3,6-10,13H,4-5,11H2,1H3,(H2,21,23). The number of aliphatic imine (C=N–C) groups is 1. The van der Waals surface area contributed by atoms with E-state index in [9.17, 15) is 8.78 Å². The van der Waals surface area contributed by atoms with E-state index in [0.717, 1.165) is 12.5 Å². The minimum atomic E-state index is -2.83. The minimum absolute atomic E-state index is 0.00278. The molecule has 0 unspecified atom stereocenters. The first-order valence-corrected chi connectivity index (χ1v) is 7.67. The lowest BCUT2D eigenvalue weighted by Crippen LogP contribution is -2.15. The molecular formula is C18H19F2N3. The van der Waals surface area contributed by atoms with Gasteiger partial charge in [0.15, 0.2) is 0 Å². The second kappa shape index (κ2) is 6.07. The average Bonchev–Trinajstić information content (AvgIpc) is 3.37. The highest BCUT2D eigenvalue weighted by Gasteiger charge is 2.24. The monoisotopic (exact) mass is 315 g/mol. The predicted octanol–water partition coefficient (Wildman–Crippen LogP) is 3.98. The zero-order valence-corrected chi connectivity index (χ0v) is 13.0. The lowest BCUT2D eigenvalue weighted by molar-refractivity contribution is 0.0174. The molecular weight excluding hydrogens is 296 g/mol. The van der Waals surface area contributed by atoms with Crippen LogP contribution in [0.1, 0.15) is 48.1 Å². The molecule has 5 heteroatoms. The van der Waals surface area contributed by atoms with Crippen LogP contribution in [0.3, 0.4) is 0 Å². The summed E-state index contributed by atoms with van der Waals surface area (Å²) in [5, 5.41) is 0. The largest absolute Gasteiger partial charge is 0.382 e. The van der Waals surface area contributed by atoms with Crippen molar-refractivity contribution in [2.45, 2.75) is 38.2 Å². The van der Waals surface area contributed by atoms with Gasteiger partial charge in [-0.15, -0.1) is 0 Å². The van der Waals surface area contributed by atoms with Crippen molar-refractivity contribution in [3.63, 3.8) is 0 Å². The Morgan fingerprint density at radius 1 is 1.26 bits per heavy atom. The van der Waals surface area contributed by atoms with E-state index in [1.54, 1.807) is 18.3 Å². The zero-order valence-electron chi connectivity index (χ0n) is 13.0. The van der Waals surface area contributed by atoms with Gasteiger partial charge in [0.05, 0.1) is 6.54 Å². The summed E-state index contributed by atoms with van der Waals surface area (Å²) in [6.45, 7) is 1.23. The fraction of sp³-hybridized carbons (Fsp3) is 0.333. The topological polar surface area (TPSA) is 51.3 Å². The Kier molecular flexibility index (Phi) is 4.11. The van der Waals surface area contributed by atoms with Gasteiger partial charge in [-0.2, -0.15) is 0 Å². The third-order valence-electron chi connectivity index (χ3n) is 3.99. The number of alkyl halides is 2. The molecule has 1 aromatic carbocycles. The number of aromatic nitrogens is 1. The SMILES string of the molecule is CC(F)(F)c1ccc(CN=C(N)c2cc(C3CC3)ccn2)cc1. The van der Waals surface area contributed by atoms with Crippen molar-refractivity contribution >= 4 is 5.84 Å². The molecule has 0 bridgehead atoms. The van der Waals surface area contributed by atoms with Crippen LogP contribution in [0.15, 0.2) is 47.6 Å². The molecule has 23 heavy (non-hydrogen) atoms. The van der Waals surface area contributed by atoms with Gasteiger partial charge >= 0.3 is 0 Å². The Balaban J connectivity index is 1.70. The van der Waals surface area contributed by atoms with Crippen molar-refractivity contribution in [2.24, 2.45) is 10.7 Å². The third-order valence-corrected chi connectivity index (χ3v) is 3.99. The van der Waals surface area contributed by atoms with E-state index in [1.807, 2.05) is 12.1 Å². The highest BCUT2D eigenvalue weighted by Crippen LogP contribution is 2.39. The first-order chi connectivity index (χ1) is 10.9. The van der Waals surface area contributed by atoms with E-state index in [4.69, 9.17) is 5.73 Å². The first kappa shape index (κ1) is 15.6. The van der Waals surface area contributed by atoms with Crippen LogP contribution in [0.2, 0.25) is 0 Å². The third kappa shape index (κ3) is 3.92. The van der Waals surface area contributed by atoms with Crippen molar-refractivity contribution in [1.29, 1.82) is 0 Å². The highest BCUT2D eigenvalue weighted by molar-refractivity contribution is 5.95. The van der Waals surface area contributed by atoms with Gasteiger partial charge in [-0.25, -0.2) is 8.78 Å². The van der Waals surface area contributed by atoms with Crippen LogP contribution in [0.5, 0.6) is 0 Å². The van der Waals surface area contributed by atoms with Crippen LogP contribution in [0.25, 0.3) is 0 Å². The summed E-state index contributed by atoms with van der Waals surface area (Å²) in [5.74, 6) is -1.82. The number of pyridine rings is 1. The van der Waals surface area contributed by atoms with Crippen molar-refractivity contribution in [3.05, 3.63) is 65.0 Å². The number of nitrogens with zero attached hydrogens (tertiary/aromatic N) is 2. The Morgan fingerprint density at radius 3 is 2.57 bits per heavy atom. The van der Waals surface area contributed by atoms with Crippen molar-refractivity contribution in [1.82, 2.24) is 4.98 Å². The summed E-state index contributed by atoms with van der Waals surface area (Å²) in [6, 6.07) is 10.1. The minimum Gasteiger partial charge on any atom is -0.382 e. The van der Waals surface area contributed by atoms with Crippen LogP contribution in [0, 0.1) is 0 Å². The number of benzene rings is 1. The second-order valence-electron chi connectivity index (χ2n) is 6.04. The molecule has 0 aliphatic heterocycles. The van der Waals surface area contributed by atoms with E-state index in [0.29, 0.717) is 24.0 Å². The summed E-state index contributed by atoms with van der Waals surface area (Å²) >= 11 is 0. The van der Waals surface area contributed by atoms with Crippen LogP contribution in [-0.4, -0.2) is 10.8 Å². The molecule has 0 radical (unpaired) electrons. The number of nitrogens with two attached hydrogens (primary N) is 1. The van der Waals surface area contributed by atoms with Crippen LogP contribution in [-0.2, 0) is 12.5 Å². The molecule has 0 amide bonds. The fourth-order valence-corrected chi connectivity index (χ4v) is 2.42. The van der Waals surface area contributed by atoms with Crippen molar-refractivity contribution in [2.75, 3.05) is 0 Å². The van der Waals surface area contributed by atoms with E-state index < -0.39 is 5.92 Å². The molecule has 0 spiro atoms. The van der Waals surface area contributed by atoms with E-state index in [2.05, 4.69) is 9.98 Å². The molecule has 2 aromatic rings. The summed E-state index contributed by atoms with van der Waals surface area (Å²) in [4.78, 5) is 8.57. The maximum atomic E-state index is 13.2. The molecule has 1 fully saturated rings. The molecule has 120 valence electrons. The van der Waals surface area contributed by atoms with Gasteiger partial charge in [0.25, 0.3) is 5.92 Å². The Hall–Kier alpha value is -2.30. The van der Waals surface area contributed by atoms with Gasteiger partial charge in [0, 0.05) is 18.7 Å². The quantitative estimate of drug-likeness (QED) is 0.670. The lowest BCUT2D eigenvalue weighted by Gasteiger charge is -2.10. The van der Waals surface area contributed by atoms with Gasteiger partial charge in [0.1, 0.15) is 11.5 Å². The Labute approximate surface area is 134 Å². The first-order valence-electron chi connectivity index (χ1n) is 7.67. The molecule has 1 aliphatic rings. The summed E-state index contributed by atoms with van der Waals surface area (Å²) in [5.41, 5.74) is 8.75. The maximum absolute atomic E-state index is 13.2. The number of halogens is 2. The molecule has 0 saturated heterocycles. The molecule has 2 N–H and O–H groups in total. The van der Waals surface area contributed by atoms with Crippen LogP contribution in [0.4, 0.5) is 8.78 Å². The Morgan fingerprint density at radius 2 is 1.96 bits per heavy atom. The number of rotatable bonds is 5. The molecule has 3 rings (SSSR count). The molecule has 1 aromatic heterocycles. The summed E-state index contributed by atoms with van der Waals surface area (Å²) in [6.07, 6.45) is 4.19. The fourth-order valence-electron chi connectivity index (χ4n) is 2.42. The Bertz CT molecular complexity index is 714. The van der Waals surface area contributed by atoms with Gasteiger partial charge in [-0.3, -0.25) is 9.98 Å². The van der Waals surface area contributed by atoms with E-state index >= 15 is 0 Å².